The lowest BCUT2D eigenvalue weighted by Crippen LogP contribution is -2.44. The van der Waals surface area contributed by atoms with Crippen LogP contribution >= 0.6 is 0 Å². The van der Waals surface area contributed by atoms with Gasteiger partial charge in [-0.05, 0) is 32.0 Å². The molecule has 2 rings (SSSR count). The Morgan fingerprint density at radius 2 is 1.90 bits per heavy atom. The molecule has 5 heteroatoms. The van der Waals surface area contributed by atoms with E-state index in [-0.39, 0.29) is 5.56 Å². The maximum atomic E-state index is 13.5. The van der Waals surface area contributed by atoms with Crippen molar-refractivity contribution in [2.24, 2.45) is 0 Å². The average Bonchev–Trinajstić information content (AvgIpc) is 2.43. The number of hydrogen-bond donors (Lipinski definition) is 1. The van der Waals surface area contributed by atoms with Gasteiger partial charge >= 0.3 is 0 Å². The zero-order valence-electron chi connectivity index (χ0n) is 11.9. The van der Waals surface area contributed by atoms with Crippen molar-refractivity contribution in [1.29, 1.82) is 0 Å². The molecular formula is C15H22F2N2O. The summed E-state index contributed by atoms with van der Waals surface area (Å²) in [7, 11) is 0. The van der Waals surface area contributed by atoms with Gasteiger partial charge in [0, 0.05) is 31.2 Å². The first-order valence-electron chi connectivity index (χ1n) is 7.13. The summed E-state index contributed by atoms with van der Waals surface area (Å²) < 4.78 is 32.2. The molecular weight excluding hydrogens is 262 g/mol. The fourth-order valence-corrected chi connectivity index (χ4v) is 2.45. The molecule has 3 nitrogen and oxygen atoms in total. The first-order valence-corrected chi connectivity index (χ1v) is 7.13. The van der Waals surface area contributed by atoms with Crippen LogP contribution in [0.15, 0.2) is 18.2 Å². The van der Waals surface area contributed by atoms with Crippen molar-refractivity contribution in [3.05, 3.63) is 35.4 Å². The van der Waals surface area contributed by atoms with E-state index >= 15 is 0 Å². The van der Waals surface area contributed by atoms with Gasteiger partial charge in [0.15, 0.2) is 0 Å². The predicted molar refractivity (Wildman–Crippen MR) is 74.8 cm³/mol. The van der Waals surface area contributed by atoms with Crippen molar-refractivity contribution in [1.82, 2.24) is 10.2 Å². The van der Waals surface area contributed by atoms with Crippen molar-refractivity contribution in [2.75, 3.05) is 39.4 Å². The smallest absolute Gasteiger partial charge is 0.129 e. The van der Waals surface area contributed by atoms with Gasteiger partial charge < -0.3 is 10.1 Å². The van der Waals surface area contributed by atoms with Crippen LogP contribution in [0.2, 0.25) is 0 Å². The summed E-state index contributed by atoms with van der Waals surface area (Å²) in [5, 5.41) is 3.32. The second kappa shape index (κ2) is 7.67. The average molecular weight is 284 g/mol. The zero-order chi connectivity index (χ0) is 14.4. The van der Waals surface area contributed by atoms with E-state index in [9.17, 15) is 8.78 Å². The van der Waals surface area contributed by atoms with Crippen molar-refractivity contribution < 1.29 is 13.5 Å². The largest absolute Gasteiger partial charge is 0.379 e. The molecule has 1 unspecified atom stereocenters. The number of nitrogens with one attached hydrogen (secondary N) is 1. The lowest BCUT2D eigenvalue weighted by atomic mass is 10.1. The van der Waals surface area contributed by atoms with Gasteiger partial charge in [0.05, 0.1) is 13.2 Å². The Labute approximate surface area is 118 Å². The Morgan fingerprint density at radius 1 is 1.25 bits per heavy atom. The SMILES string of the molecule is CC(CN1CCOCC1)NCCc1c(F)cccc1F. The third kappa shape index (κ3) is 4.51. The lowest BCUT2D eigenvalue weighted by Gasteiger charge is -2.29. The highest BCUT2D eigenvalue weighted by molar-refractivity contribution is 5.19. The van der Waals surface area contributed by atoms with E-state index in [1.165, 1.54) is 18.2 Å². The molecule has 0 aromatic heterocycles. The molecule has 112 valence electrons. The predicted octanol–water partition coefficient (Wildman–Crippen LogP) is 1.82. The standard InChI is InChI=1S/C15H22F2N2O/c1-12(11-19-7-9-20-10-8-19)18-6-5-13-14(16)3-2-4-15(13)17/h2-4,12,18H,5-11H2,1H3. The summed E-state index contributed by atoms with van der Waals surface area (Å²) >= 11 is 0. The van der Waals surface area contributed by atoms with E-state index < -0.39 is 11.6 Å². The van der Waals surface area contributed by atoms with Crippen LogP contribution < -0.4 is 5.32 Å². The molecule has 1 atom stereocenters. The molecule has 1 aliphatic rings. The fourth-order valence-electron chi connectivity index (χ4n) is 2.45. The third-order valence-corrected chi connectivity index (χ3v) is 3.57. The second-order valence-corrected chi connectivity index (χ2v) is 5.22. The monoisotopic (exact) mass is 284 g/mol. The number of rotatable bonds is 6. The molecule has 0 amide bonds. The van der Waals surface area contributed by atoms with Crippen molar-refractivity contribution >= 4 is 0 Å². The van der Waals surface area contributed by atoms with Crippen LogP contribution in [-0.4, -0.2) is 50.3 Å². The van der Waals surface area contributed by atoms with Gasteiger partial charge in [0.25, 0.3) is 0 Å². The first kappa shape index (κ1) is 15.4. The Balaban J connectivity index is 1.72. The van der Waals surface area contributed by atoms with Crippen LogP contribution in [0.3, 0.4) is 0 Å². The van der Waals surface area contributed by atoms with E-state index in [1.807, 2.05) is 0 Å². The van der Waals surface area contributed by atoms with E-state index in [1.54, 1.807) is 0 Å². The van der Waals surface area contributed by atoms with Crippen LogP contribution in [0, 0.1) is 11.6 Å². The number of benzene rings is 1. The first-order chi connectivity index (χ1) is 9.66. The highest BCUT2D eigenvalue weighted by Gasteiger charge is 2.14. The van der Waals surface area contributed by atoms with E-state index in [0.29, 0.717) is 19.0 Å². The third-order valence-electron chi connectivity index (χ3n) is 3.57. The molecule has 20 heavy (non-hydrogen) atoms. The molecule has 0 bridgehead atoms. The van der Waals surface area contributed by atoms with Crippen LogP contribution in [0.5, 0.6) is 0 Å². The van der Waals surface area contributed by atoms with Crippen LogP contribution in [0.25, 0.3) is 0 Å². The van der Waals surface area contributed by atoms with E-state index in [4.69, 9.17) is 4.74 Å². The molecule has 0 aliphatic carbocycles. The van der Waals surface area contributed by atoms with Crippen LogP contribution in [0.1, 0.15) is 12.5 Å². The van der Waals surface area contributed by atoms with Crippen molar-refractivity contribution in [3.8, 4) is 0 Å². The van der Waals surface area contributed by atoms with Crippen LogP contribution in [-0.2, 0) is 11.2 Å². The maximum absolute atomic E-state index is 13.5. The summed E-state index contributed by atoms with van der Waals surface area (Å²) in [4.78, 5) is 2.34. The van der Waals surface area contributed by atoms with E-state index in [0.717, 1.165) is 32.8 Å². The minimum Gasteiger partial charge on any atom is -0.379 e. The van der Waals surface area contributed by atoms with Gasteiger partial charge in [-0.2, -0.15) is 0 Å². The highest BCUT2D eigenvalue weighted by Crippen LogP contribution is 2.12. The van der Waals surface area contributed by atoms with E-state index in [2.05, 4.69) is 17.1 Å². The minimum atomic E-state index is -0.465. The Bertz CT molecular complexity index is 402. The van der Waals surface area contributed by atoms with Gasteiger partial charge in [0.1, 0.15) is 11.6 Å². The summed E-state index contributed by atoms with van der Waals surface area (Å²) in [5.74, 6) is -0.930. The Hall–Kier alpha value is -1.04. The molecule has 1 saturated heterocycles. The number of halogens is 2. The zero-order valence-corrected chi connectivity index (χ0v) is 11.9. The van der Waals surface area contributed by atoms with Gasteiger partial charge in [-0.15, -0.1) is 0 Å². The summed E-state index contributed by atoms with van der Waals surface area (Å²) in [6, 6.07) is 4.29. The van der Waals surface area contributed by atoms with Crippen LogP contribution in [0.4, 0.5) is 8.78 Å². The van der Waals surface area contributed by atoms with Crippen molar-refractivity contribution in [2.45, 2.75) is 19.4 Å². The molecule has 0 spiro atoms. The number of nitrogens with zero attached hydrogens (tertiary/aromatic N) is 1. The van der Waals surface area contributed by atoms with Gasteiger partial charge in [-0.3, -0.25) is 4.90 Å². The second-order valence-electron chi connectivity index (χ2n) is 5.22. The minimum absolute atomic E-state index is 0.165. The summed E-state index contributed by atoms with van der Waals surface area (Å²) in [6.45, 7) is 7.07. The quantitative estimate of drug-likeness (QED) is 0.862. The summed E-state index contributed by atoms with van der Waals surface area (Å²) in [6.07, 6.45) is 0.367. The van der Waals surface area contributed by atoms with Crippen molar-refractivity contribution in [3.63, 3.8) is 0 Å². The molecule has 1 aliphatic heterocycles. The Kier molecular flexibility index (Phi) is 5.88. The molecule has 1 fully saturated rings. The fraction of sp³-hybridized carbons (Fsp3) is 0.600. The van der Waals surface area contributed by atoms with Gasteiger partial charge in [-0.1, -0.05) is 6.07 Å². The molecule has 1 heterocycles. The molecule has 1 aromatic carbocycles. The Morgan fingerprint density at radius 3 is 2.55 bits per heavy atom. The number of hydrogen-bond acceptors (Lipinski definition) is 3. The highest BCUT2D eigenvalue weighted by atomic mass is 19.1. The molecule has 1 N–H and O–H groups in total. The number of morpholine rings is 1. The molecule has 1 aromatic rings. The van der Waals surface area contributed by atoms with Gasteiger partial charge in [-0.25, -0.2) is 8.78 Å². The maximum Gasteiger partial charge on any atom is 0.129 e. The van der Waals surface area contributed by atoms with Gasteiger partial charge in [0.2, 0.25) is 0 Å². The summed E-state index contributed by atoms with van der Waals surface area (Å²) in [5.41, 5.74) is 0.165. The lowest BCUT2D eigenvalue weighted by molar-refractivity contribution is 0.0344. The molecule has 0 saturated carbocycles. The number of ether oxygens (including phenoxy) is 1. The topological polar surface area (TPSA) is 24.5 Å². The molecule has 0 radical (unpaired) electrons. The normalized spacial score (nSPS) is 18.1.